The molecule has 0 N–H and O–H groups in total. The van der Waals surface area contributed by atoms with Crippen LogP contribution in [0, 0.1) is 0 Å². The topological polar surface area (TPSA) is 15.8 Å². The Labute approximate surface area is 60.0 Å². The fraction of sp³-hybridized carbons (Fsp3) is 1.00. The zero-order valence-electron chi connectivity index (χ0n) is 5.92. The van der Waals surface area contributed by atoms with E-state index < -0.39 is 6.17 Å². The maximum Gasteiger partial charge on any atom is 0.134 e. The van der Waals surface area contributed by atoms with E-state index in [1.807, 2.05) is 0 Å². The highest BCUT2D eigenvalue weighted by atomic mass is 19.1. The molecule has 0 spiro atoms. The molecule has 0 saturated carbocycles. The van der Waals surface area contributed by atoms with E-state index in [9.17, 15) is 4.39 Å². The van der Waals surface area contributed by atoms with Gasteiger partial charge in [-0.15, -0.1) is 0 Å². The standard InChI is InChI=1S/C7H12FNO/c8-6-1-3-9(4-2-6)7-5-10-7/h6-7H,1-5H2. The quantitative estimate of drug-likeness (QED) is 0.507. The summed E-state index contributed by atoms with van der Waals surface area (Å²) in [4.78, 5) is 2.22. The molecule has 58 valence electrons. The maximum atomic E-state index is 12.6. The first-order valence-electron chi connectivity index (χ1n) is 3.86. The molecule has 0 aromatic carbocycles. The molecule has 1 atom stereocenters. The van der Waals surface area contributed by atoms with Gasteiger partial charge in [-0.25, -0.2) is 4.39 Å². The monoisotopic (exact) mass is 145 g/mol. The van der Waals surface area contributed by atoms with Crippen molar-refractivity contribution in [2.24, 2.45) is 0 Å². The Kier molecular flexibility index (Phi) is 1.62. The van der Waals surface area contributed by atoms with Crippen LogP contribution in [0.5, 0.6) is 0 Å². The Hall–Kier alpha value is -0.150. The van der Waals surface area contributed by atoms with Gasteiger partial charge in [0.05, 0.1) is 6.61 Å². The van der Waals surface area contributed by atoms with Gasteiger partial charge in [0.25, 0.3) is 0 Å². The molecule has 0 radical (unpaired) electrons. The van der Waals surface area contributed by atoms with Gasteiger partial charge in [0, 0.05) is 13.1 Å². The van der Waals surface area contributed by atoms with Gasteiger partial charge >= 0.3 is 0 Å². The third kappa shape index (κ3) is 1.30. The lowest BCUT2D eigenvalue weighted by Gasteiger charge is -2.26. The van der Waals surface area contributed by atoms with E-state index in [0.717, 1.165) is 19.7 Å². The number of hydrogen-bond acceptors (Lipinski definition) is 2. The lowest BCUT2D eigenvalue weighted by Crippen LogP contribution is -2.36. The zero-order valence-corrected chi connectivity index (χ0v) is 5.92. The van der Waals surface area contributed by atoms with E-state index in [1.54, 1.807) is 0 Å². The number of epoxide rings is 1. The Morgan fingerprint density at radius 2 is 1.90 bits per heavy atom. The first kappa shape index (κ1) is 6.55. The molecule has 3 heteroatoms. The molecule has 2 aliphatic heterocycles. The number of piperidine rings is 1. The lowest BCUT2D eigenvalue weighted by atomic mass is 10.1. The molecule has 1 unspecified atom stereocenters. The zero-order chi connectivity index (χ0) is 6.97. The molecule has 2 heterocycles. The molecule has 0 bridgehead atoms. The Balaban J connectivity index is 1.79. The summed E-state index contributed by atoms with van der Waals surface area (Å²) in [7, 11) is 0. The largest absolute Gasteiger partial charge is 0.357 e. The van der Waals surface area contributed by atoms with Gasteiger partial charge < -0.3 is 4.74 Å². The third-order valence-electron chi connectivity index (χ3n) is 2.18. The summed E-state index contributed by atoms with van der Waals surface area (Å²) < 4.78 is 17.7. The predicted octanol–water partition coefficient (Wildman–Crippen LogP) is 0.777. The molecule has 10 heavy (non-hydrogen) atoms. The fourth-order valence-corrected chi connectivity index (χ4v) is 1.41. The van der Waals surface area contributed by atoms with Crippen LogP contribution in [0.4, 0.5) is 4.39 Å². The SMILES string of the molecule is FC1CCN(C2CO2)CC1. The molecule has 2 aliphatic rings. The first-order valence-corrected chi connectivity index (χ1v) is 3.86. The number of rotatable bonds is 1. The van der Waals surface area contributed by atoms with Crippen LogP contribution in [-0.4, -0.2) is 37.0 Å². The number of likely N-dealkylation sites (tertiary alicyclic amines) is 1. The van der Waals surface area contributed by atoms with E-state index >= 15 is 0 Å². The molecule has 2 rings (SSSR count). The summed E-state index contributed by atoms with van der Waals surface area (Å²) >= 11 is 0. The number of ether oxygens (including phenoxy) is 1. The molecule has 0 aromatic heterocycles. The second-order valence-electron chi connectivity index (χ2n) is 3.00. The smallest absolute Gasteiger partial charge is 0.134 e. The molecule has 0 aromatic rings. The number of alkyl halides is 1. The molecule has 2 saturated heterocycles. The van der Waals surface area contributed by atoms with Gasteiger partial charge in [-0.2, -0.15) is 0 Å². The van der Waals surface area contributed by atoms with Gasteiger partial charge in [-0.3, -0.25) is 4.90 Å². The minimum absolute atomic E-state index is 0.340. The van der Waals surface area contributed by atoms with Crippen molar-refractivity contribution < 1.29 is 9.13 Å². The summed E-state index contributed by atoms with van der Waals surface area (Å²) in [6.45, 7) is 2.62. The van der Waals surface area contributed by atoms with Gasteiger partial charge in [0.2, 0.25) is 0 Å². The van der Waals surface area contributed by atoms with Crippen LogP contribution in [-0.2, 0) is 4.74 Å². The van der Waals surface area contributed by atoms with Crippen molar-refractivity contribution in [3.63, 3.8) is 0 Å². The fourth-order valence-electron chi connectivity index (χ4n) is 1.41. The highest BCUT2D eigenvalue weighted by Crippen LogP contribution is 2.21. The summed E-state index contributed by atoms with van der Waals surface area (Å²) in [6, 6.07) is 0. The average molecular weight is 145 g/mol. The van der Waals surface area contributed by atoms with Gasteiger partial charge in [0.15, 0.2) is 0 Å². The van der Waals surface area contributed by atoms with E-state index in [4.69, 9.17) is 4.74 Å². The minimum atomic E-state index is -0.560. The van der Waals surface area contributed by atoms with Crippen LogP contribution < -0.4 is 0 Å². The number of hydrogen-bond donors (Lipinski definition) is 0. The molecule has 2 fully saturated rings. The van der Waals surface area contributed by atoms with Crippen molar-refractivity contribution in [2.45, 2.75) is 25.2 Å². The van der Waals surface area contributed by atoms with E-state index in [0.29, 0.717) is 19.1 Å². The van der Waals surface area contributed by atoms with Gasteiger partial charge in [-0.1, -0.05) is 0 Å². The highest BCUT2D eigenvalue weighted by Gasteiger charge is 2.32. The second-order valence-corrected chi connectivity index (χ2v) is 3.00. The van der Waals surface area contributed by atoms with Crippen molar-refractivity contribution in [3.05, 3.63) is 0 Å². The minimum Gasteiger partial charge on any atom is -0.357 e. The summed E-state index contributed by atoms with van der Waals surface area (Å²) in [5.74, 6) is 0. The van der Waals surface area contributed by atoms with Crippen molar-refractivity contribution in [1.82, 2.24) is 4.90 Å². The number of nitrogens with zero attached hydrogens (tertiary/aromatic N) is 1. The average Bonchev–Trinajstić information content (AvgIpc) is 2.71. The Morgan fingerprint density at radius 1 is 1.30 bits per heavy atom. The van der Waals surface area contributed by atoms with Crippen LogP contribution in [0.1, 0.15) is 12.8 Å². The maximum absolute atomic E-state index is 12.6. The second kappa shape index (κ2) is 2.47. The molecular weight excluding hydrogens is 133 g/mol. The Morgan fingerprint density at radius 3 is 2.40 bits per heavy atom. The highest BCUT2D eigenvalue weighted by molar-refractivity contribution is 4.78. The van der Waals surface area contributed by atoms with Crippen molar-refractivity contribution >= 4 is 0 Å². The molecule has 2 nitrogen and oxygen atoms in total. The molecular formula is C7H12FNO. The van der Waals surface area contributed by atoms with Crippen LogP contribution in [0.25, 0.3) is 0 Å². The van der Waals surface area contributed by atoms with Crippen molar-refractivity contribution in [3.8, 4) is 0 Å². The third-order valence-corrected chi connectivity index (χ3v) is 2.18. The summed E-state index contributed by atoms with van der Waals surface area (Å²) in [5.41, 5.74) is 0. The van der Waals surface area contributed by atoms with Crippen LogP contribution in [0.3, 0.4) is 0 Å². The van der Waals surface area contributed by atoms with Gasteiger partial charge in [0.1, 0.15) is 12.4 Å². The predicted molar refractivity (Wildman–Crippen MR) is 35.4 cm³/mol. The molecule has 0 aliphatic carbocycles. The van der Waals surface area contributed by atoms with E-state index in [1.165, 1.54) is 0 Å². The van der Waals surface area contributed by atoms with Crippen molar-refractivity contribution in [2.75, 3.05) is 19.7 Å². The number of halogens is 1. The van der Waals surface area contributed by atoms with E-state index in [-0.39, 0.29) is 0 Å². The lowest BCUT2D eigenvalue weighted by molar-refractivity contribution is 0.105. The van der Waals surface area contributed by atoms with Gasteiger partial charge in [-0.05, 0) is 12.8 Å². The van der Waals surface area contributed by atoms with Crippen LogP contribution in [0.15, 0.2) is 0 Å². The van der Waals surface area contributed by atoms with Crippen molar-refractivity contribution in [1.29, 1.82) is 0 Å². The first-order chi connectivity index (χ1) is 4.86. The van der Waals surface area contributed by atoms with Crippen LogP contribution in [0.2, 0.25) is 0 Å². The summed E-state index contributed by atoms with van der Waals surface area (Å²) in [5, 5.41) is 0. The summed E-state index contributed by atoms with van der Waals surface area (Å²) in [6.07, 6.45) is 1.17. The van der Waals surface area contributed by atoms with Crippen LogP contribution >= 0.6 is 0 Å². The van der Waals surface area contributed by atoms with E-state index in [2.05, 4.69) is 4.90 Å². The Bertz CT molecular complexity index is 119. The molecule has 0 amide bonds. The normalized spacial score (nSPS) is 36.3.